The number of likely N-dealkylation sites (tertiary alicyclic amines) is 1. The van der Waals surface area contributed by atoms with Crippen LogP contribution in [0.25, 0.3) is 10.9 Å². The number of carboxylic acids is 1. The summed E-state index contributed by atoms with van der Waals surface area (Å²) in [5, 5.41) is 17.9. The fourth-order valence-corrected chi connectivity index (χ4v) is 3.64. The second-order valence-electron chi connectivity index (χ2n) is 6.70. The highest BCUT2D eigenvalue weighted by atomic mass is 16.4. The fraction of sp³-hybridized carbons (Fsp3) is 0.250. The van der Waals surface area contributed by atoms with E-state index in [4.69, 9.17) is 0 Å². The van der Waals surface area contributed by atoms with Crippen LogP contribution in [0.1, 0.15) is 24.4 Å². The molecule has 1 aromatic heterocycles. The normalized spacial score (nSPS) is 17.6. The van der Waals surface area contributed by atoms with Gasteiger partial charge in [-0.2, -0.15) is 4.68 Å². The quantitative estimate of drug-likeness (QED) is 0.737. The maximum absolute atomic E-state index is 13.4. The number of carbonyl (C=O) groups excluding carboxylic acids is 1. The Hall–Kier alpha value is -3.55. The van der Waals surface area contributed by atoms with Crippen molar-refractivity contribution in [2.75, 3.05) is 6.54 Å². The molecule has 0 saturated carbocycles. The van der Waals surface area contributed by atoms with Crippen LogP contribution in [0, 0.1) is 0 Å². The predicted molar refractivity (Wildman–Crippen MR) is 101 cm³/mol. The van der Waals surface area contributed by atoms with Crippen LogP contribution in [-0.2, 0) is 9.59 Å². The van der Waals surface area contributed by atoms with Crippen molar-refractivity contribution in [1.82, 2.24) is 19.9 Å². The zero-order valence-electron chi connectivity index (χ0n) is 14.9. The number of aromatic nitrogens is 3. The van der Waals surface area contributed by atoms with E-state index in [1.54, 1.807) is 54.6 Å². The van der Waals surface area contributed by atoms with Crippen LogP contribution in [0.3, 0.4) is 0 Å². The van der Waals surface area contributed by atoms with Crippen molar-refractivity contribution in [3.63, 3.8) is 0 Å². The van der Waals surface area contributed by atoms with E-state index >= 15 is 0 Å². The van der Waals surface area contributed by atoms with Gasteiger partial charge < -0.3 is 10.0 Å². The summed E-state index contributed by atoms with van der Waals surface area (Å²) in [7, 11) is 0. The van der Waals surface area contributed by atoms with E-state index in [0.717, 1.165) is 4.68 Å². The number of amides is 1. The molecule has 1 saturated heterocycles. The van der Waals surface area contributed by atoms with Crippen LogP contribution < -0.4 is 5.56 Å². The summed E-state index contributed by atoms with van der Waals surface area (Å²) in [4.78, 5) is 39.3. The lowest BCUT2D eigenvalue weighted by Crippen LogP contribution is -2.46. The molecule has 142 valence electrons. The molecule has 1 aliphatic heterocycles. The van der Waals surface area contributed by atoms with E-state index in [2.05, 4.69) is 10.3 Å². The summed E-state index contributed by atoms with van der Waals surface area (Å²) >= 11 is 0. The van der Waals surface area contributed by atoms with Crippen molar-refractivity contribution in [1.29, 1.82) is 0 Å². The van der Waals surface area contributed by atoms with Crippen LogP contribution >= 0.6 is 0 Å². The Morgan fingerprint density at radius 2 is 1.79 bits per heavy atom. The van der Waals surface area contributed by atoms with Crippen molar-refractivity contribution in [3.05, 3.63) is 70.5 Å². The second-order valence-corrected chi connectivity index (χ2v) is 6.70. The van der Waals surface area contributed by atoms with Crippen molar-refractivity contribution in [2.24, 2.45) is 0 Å². The monoisotopic (exact) mass is 378 g/mol. The van der Waals surface area contributed by atoms with Crippen molar-refractivity contribution >= 4 is 22.8 Å². The van der Waals surface area contributed by atoms with Gasteiger partial charge in [-0.25, -0.2) is 4.79 Å². The Morgan fingerprint density at radius 1 is 1.07 bits per heavy atom. The average Bonchev–Trinajstić information content (AvgIpc) is 3.21. The smallest absolute Gasteiger partial charge is 0.326 e. The molecule has 0 aliphatic carbocycles. The number of hydrogen-bond donors (Lipinski definition) is 1. The van der Waals surface area contributed by atoms with E-state index in [0.29, 0.717) is 35.9 Å². The van der Waals surface area contributed by atoms with E-state index in [1.807, 2.05) is 0 Å². The first-order chi connectivity index (χ1) is 13.6. The Morgan fingerprint density at radius 3 is 2.54 bits per heavy atom. The molecule has 2 heterocycles. The van der Waals surface area contributed by atoms with Gasteiger partial charge in [0.05, 0.1) is 5.39 Å². The van der Waals surface area contributed by atoms with Crippen molar-refractivity contribution < 1.29 is 14.7 Å². The van der Waals surface area contributed by atoms with Crippen LogP contribution in [-0.4, -0.2) is 49.5 Å². The molecule has 0 radical (unpaired) electrons. The van der Waals surface area contributed by atoms with Crippen LogP contribution in [0.15, 0.2) is 59.4 Å². The van der Waals surface area contributed by atoms with E-state index in [-0.39, 0.29) is 0 Å². The highest BCUT2D eigenvalue weighted by Gasteiger charge is 2.39. The largest absolute Gasteiger partial charge is 0.480 e. The first kappa shape index (κ1) is 17.8. The SMILES string of the molecule is O=C(O)C1CCCN1C(=O)C(c1ccccc1)n1nnc2ccccc2c1=O. The number of carboxylic acid groups (broad SMARTS) is 1. The molecular weight excluding hydrogens is 360 g/mol. The Bertz CT molecular complexity index is 1100. The Labute approximate surface area is 160 Å². The number of hydrogen-bond acceptors (Lipinski definition) is 5. The third kappa shape index (κ3) is 3.02. The zero-order valence-corrected chi connectivity index (χ0v) is 14.9. The third-order valence-electron chi connectivity index (χ3n) is 5.01. The van der Waals surface area contributed by atoms with E-state index in [1.165, 1.54) is 4.90 Å². The number of benzene rings is 2. The molecule has 0 spiro atoms. The highest BCUT2D eigenvalue weighted by Crippen LogP contribution is 2.25. The minimum Gasteiger partial charge on any atom is -0.480 e. The van der Waals surface area contributed by atoms with Gasteiger partial charge in [-0.05, 0) is 30.5 Å². The van der Waals surface area contributed by atoms with Gasteiger partial charge in [-0.15, -0.1) is 5.10 Å². The van der Waals surface area contributed by atoms with E-state index in [9.17, 15) is 19.5 Å². The summed E-state index contributed by atoms with van der Waals surface area (Å²) in [6.07, 6.45) is 0.989. The number of aliphatic carboxylic acids is 1. The lowest BCUT2D eigenvalue weighted by atomic mass is 10.0. The Kier molecular flexibility index (Phi) is 4.60. The van der Waals surface area contributed by atoms with Gasteiger partial charge >= 0.3 is 5.97 Å². The molecule has 28 heavy (non-hydrogen) atoms. The molecule has 3 aromatic rings. The molecule has 1 fully saturated rings. The van der Waals surface area contributed by atoms with E-state index < -0.39 is 29.5 Å². The molecule has 8 heteroatoms. The number of carbonyl (C=O) groups is 2. The topological polar surface area (TPSA) is 105 Å². The Balaban J connectivity index is 1.86. The van der Waals surface area contributed by atoms with Gasteiger partial charge in [0.1, 0.15) is 11.6 Å². The lowest BCUT2D eigenvalue weighted by molar-refractivity contribution is -0.149. The van der Waals surface area contributed by atoms with Crippen molar-refractivity contribution in [2.45, 2.75) is 24.9 Å². The molecular formula is C20H18N4O4. The summed E-state index contributed by atoms with van der Waals surface area (Å²) in [5.74, 6) is -1.52. The zero-order chi connectivity index (χ0) is 19.7. The van der Waals surface area contributed by atoms with Gasteiger partial charge in [0.15, 0.2) is 6.04 Å². The molecule has 2 atom stereocenters. The summed E-state index contributed by atoms with van der Waals surface area (Å²) in [5.41, 5.74) is 0.543. The minimum atomic E-state index is -1.08. The standard InChI is InChI=1S/C20H18N4O4/c25-18-14-9-4-5-10-15(14)21-22-24(18)17(13-7-2-1-3-8-13)19(26)23-12-6-11-16(23)20(27)28/h1-5,7-10,16-17H,6,11-12H2,(H,27,28). The fourth-order valence-electron chi connectivity index (χ4n) is 3.64. The average molecular weight is 378 g/mol. The summed E-state index contributed by atoms with van der Waals surface area (Å²) in [6.45, 7) is 0.328. The third-order valence-corrected chi connectivity index (χ3v) is 5.01. The van der Waals surface area contributed by atoms with Gasteiger partial charge in [0.25, 0.3) is 11.5 Å². The van der Waals surface area contributed by atoms with Crippen LogP contribution in [0.5, 0.6) is 0 Å². The van der Waals surface area contributed by atoms with Gasteiger partial charge in [-0.1, -0.05) is 47.7 Å². The highest BCUT2D eigenvalue weighted by molar-refractivity contribution is 5.89. The minimum absolute atomic E-state index is 0.328. The number of nitrogens with zero attached hydrogens (tertiary/aromatic N) is 4. The number of fused-ring (bicyclic) bond motifs is 1. The second kappa shape index (κ2) is 7.22. The predicted octanol–water partition coefficient (Wildman–Crippen LogP) is 1.46. The molecule has 8 nitrogen and oxygen atoms in total. The van der Waals surface area contributed by atoms with Gasteiger partial charge in [0.2, 0.25) is 0 Å². The molecule has 0 bridgehead atoms. The summed E-state index contributed by atoms with van der Waals surface area (Å²) in [6, 6.07) is 13.6. The molecule has 1 N–H and O–H groups in total. The maximum Gasteiger partial charge on any atom is 0.326 e. The first-order valence-electron chi connectivity index (χ1n) is 9.00. The molecule has 1 aliphatic rings. The van der Waals surface area contributed by atoms with Crippen LogP contribution in [0.4, 0.5) is 0 Å². The molecule has 1 amide bonds. The first-order valence-corrected chi connectivity index (χ1v) is 9.00. The molecule has 2 unspecified atom stereocenters. The van der Waals surface area contributed by atoms with Gasteiger partial charge in [0, 0.05) is 6.54 Å². The maximum atomic E-state index is 13.4. The van der Waals surface area contributed by atoms with Crippen LogP contribution in [0.2, 0.25) is 0 Å². The lowest BCUT2D eigenvalue weighted by Gasteiger charge is -2.27. The summed E-state index contributed by atoms with van der Waals surface area (Å²) < 4.78 is 1.05. The molecule has 4 rings (SSSR count). The van der Waals surface area contributed by atoms with Gasteiger partial charge in [-0.3, -0.25) is 9.59 Å². The number of rotatable bonds is 4. The molecule has 2 aromatic carbocycles. The van der Waals surface area contributed by atoms with Crippen molar-refractivity contribution in [3.8, 4) is 0 Å².